The lowest BCUT2D eigenvalue weighted by Gasteiger charge is -2.23. The molecular weight excluding hydrogens is 396 g/mol. The molecule has 0 saturated carbocycles. The summed E-state index contributed by atoms with van der Waals surface area (Å²) in [5.74, 6) is 0. The van der Waals surface area contributed by atoms with Gasteiger partial charge in [-0.15, -0.1) is 23.5 Å². The van der Waals surface area contributed by atoms with Crippen molar-refractivity contribution < 1.29 is 10.2 Å². The van der Waals surface area contributed by atoms with Gasteiger partial charge in [0.15, 0.2) is 0 Å². The molecule has 2 unspecified atom stereocenters. The van der Waals surface area contributed by atoms with Gasteiger partial charge in [0.2, 0.25) is 0 Å². The number of hydrogen-bond acceptors (Lipinski definition) is 4. The minimum absolute atomic E-state index is 0.367. The molecule has 0 amide bonds. The summed E-state index contributed by atoms with van der Waals surface area (Å²) in [6.45, 7) is 0.733. The Labute approximate surface area is 189 Å². The summed E-state index contributed by atoms with van der Waals surface area (Å²) in [5.41, 5.74) is 0. The Morgan fingerprint density at radius 1 is 0.517 bits per heavy atom. The van der Waals surface area contributed by atoms with Crippen LogP contribution in [-0.2, 0) is 0 Å². The highest BCUT2D eigenvalue weighted by molar-refractivity contribution is 8.19. The Morgan fingerprint density at radius 3 is 1.24 bits per heavy atom. The molecule has 1 spiro atoms. The SMILES string of the molecule is OCCCCCCCCCC1CCC2(CCC(CCCCCCCCCO)S2)S1. The first-order valence-electron chi connectivity index (χ1n) is 12.9. The summed E-state index contributed by atoms with van der Waals surface area (Å²) in [4.78, 5) is 0. The van der Waals surface area contributed by atoms with Crippen LogP contribution in [-0.4, -0.2) is 38.0 Å². The van der Waals surface area contributed by atoms with Gasteiger partial charge in [-0.2, -0.15) is 0 Å². The lowest BCUT2D eigenvalue weighted by molar-refractivity contribution is 0.282. The van der Waals surface area contributed by atoms with E-state index >= 15 is 0 Å². The van der Waals surface area contributed by atoms with Gasteiger partial charge in [0.05, 0.1) is 4.08 Å². The zero-order valence-corrected chi connectivity index (χ0v) is 20.6. The van der Waals surface area contributed by atoms with Crippen LogP contribution < -0.4 is 0 Å². The van der Waals surface area contributed by atoms with Crippen LogP contribution in [0.1, 0.15) is 128 Å². The average Bonchev–Trinajstić information content (AvgIpc) is 3.32. The largest absolute Gasteiger partial charge is 0.396 e. The van der Waals surface area contributed by atoms with E-state index < -0.39 is 0 Å². The molecule has 2 N–H and O–H groups in total. The maximum atomic E-state index is 8.82. The molecule has 172 valence electrons. The van der Waals surface area contributed by atoms with Crippen molar-refractivity contribution >= 4 is 23.5 Å². The Morgan fingerprint density at radius 2 is 0.862 bits per heavy atom. The van der Waals surface area contributed by atoms with Crippen molar-refractivity contribution in [2.45, 2.75) is 143 Å². The van der Waals surface area contributed by atoms with E-state index in [0.717, 1.165) is 23.3 Å². The zero-order chi connectivity index (χ0) is 20.6. The third-order valence-electron chi connectivity index (χ3n) is 6.83. The van der Waals surface area contributed by atoms with Crippen LogP contribution in [0.15, 0.2) is 0 Å². The second-order valence-corrected chi connectivity index (χ2v) is 13.1. The normalized spacial score (nSPS) is 26.7. The summed E-state index contributed by atoms with van der Waals surface area (Å²) in [6, 6.07) is 0. The highest BCUT2D eigenvalue weighted by Crippen LogP contribution is 2.60. The number of thioether (sulfide) groups is 2. The monoisotopic (exact) mass is 444 g/mol. The van der Waals surface area contributed by atoms with E-state index in [-0.39, 0.29) is 0 Å². The van der Waals surface area contributed by atoms with Crippen LogP contribution in [0, 0.1) is 0 Å². The second kappa shape index (κ2) is 16.3. The number of aliphatic hydroxyl groups excluding tert-OH is 2. The van der Waals surface area contributed by atoms with Crippen molar-refractivity contribution in [2.75, 3.05) is 13.2 Å². The topological polar surface area (TPSA) is 40.5 Å². The van der Waals surface area contributed by atoms with E-state index in [0.29, 0.717) is 17.3 Å². The molecule has 29 heavy (non-hydrogen) atoms. The predicted octanol–water partition coefficient (Wildman–Crippen LogP) is 7.70. The molecule has 2 heterocycles. The van der Waals surface area contributed by atoms with Crippen LogP contribution in [0.4, 0.5) is 0 Å². The average molecular weight is 445 g/mol. The molecule has 2 saturated heterocycles. The van der Waals surface area contributed by atoms with Crippen LogP contribution in [0.3, 0.4) is 0 Å². The molecule has 0 radical (unpaired) electrons. The van der Waals surface area contributed by atoms with Crippen molar-refractivity contribution in [3.8, 4) is 0 Å². The molecule has 2 nitrogen and oxygen atoms in total. The summed E-state index contributed by atoms with van der Waals surface area (Å²) in [5, 5.41) is 19.5. The molecule has 0 bridgehead atoms. The number of aliphatic hydroxyl groups is 2. The number of unbranched alkanes of at least 4 members (excludes halogenated alkanes) is 12. The smallest absolute Gasteiger partial charge is 0.0617 e. The minimum Gasteiger partial charge on any atom is -0.396 e. The fourth-order valence-corrected chi connectivity index (χ4v) is 9.25. The lowest BCUT2D eigenvalue weighted by Crippen LogP contribution is -2.11. The second-order valence-electron chi connectivity index (χ2n) is 9.44. The molecule has 0 aromatic carbocycles. The van der Waals surface area contributed by atoms with Crippen molar-refractivity contribution in [1.82, 2.24) is 0 Å². The van der Waals surface area contributed by atoms with Gasteiger partial charge in [0.25, 0.3) is 0 Å². The summed E-state index contributed by atoms with van der Waals surface area (Å²) >= 11 is 4.74. The predicted molar refractivity (Wildman–Crippen MR) is 132 cm³/mol. The van der Waals surface area contributed by atoms with Crippen molar-refractivity contribution in [3.05, 3.63) is 0 Å². The maximum Gasteiger partial charge on any atom is 0.0617 e. The van der Waals surface area contributed by atoms with Gasteiger partial charge in [0, 0.05) is 23.7 Å². The van der Waals surface area contributed by atoms with Gasteiger partial charge >= 0.3 is 0 Å². The lowest BCUT2D eigenvalue weighted by atomic mass is 10.0. The first-order valence-corrected chi connectivity index (χ1v) is 14.6. The maximum absolute atomic E-state index is 8.82. The fraction of sp³-hybridized carbons (Fsp3) is 1.00. The third-order valence-corrected chi connectivity index (χ3v) is 10.7. The minimum atomic E-state index is 0.367. The van der Waals surface area contributed by atoms with E-state index in [2.05, 4.69) is 23.5 Å². The van der Waals surface area contributed by atoms with Gasteiger partial charge in [0.1, 0.15) is 0 Å². The summed E-state index contributed by atoms with van der Waals surface area (Å²) < 4.78 is 0.601. The van der Waals surface area contributed by atoms with Crippen molar-refractivity contribution in [3.63, 3.8) is 0 Å². The molecule has 2 rings (SSSR count). The molecule has 2 aliphatic rings. The molecule has 4 heteroatoms. The van der Waals surface area contributed by atoms with Crippen LogP contribution in [0.25, 0.3) is 0 Å². The van der Waals surface area contributed by atoms with Gasteiger partial charge in [-0.3, -0.25) is 0 Å². The van der Waals surface area contributed by atoms with E-state index in [1.54, 1.807) is 0 Å². The number of hydrogen-bond donors (Lipinski definition) is 2. The first-order chi connectivity index (χ1) is 14.3. The highest BCUT2D eigenvalue weighted by atomic mass is 32.2. The third kappa shape index (κ3) is 11.2. The fourth-order valence-electron chi connectivity index (χ4n) is 5.02. The Hall–Kier alpha value is 0.620. The van der Waals surface area contributed by atoms with Crippen LogP contribution in [0.5, 0.6) is 0 Å². The zero-order valence-electron chi connectivity index (χ0n) is 18.9. The first kappa shape index (κ1) is 25.9. The van der Waals surface area contributed by atoms with Crippen LogP contribution in [0.2, 0.25) is 0 Å². The van der Waals surface area contributed by atoms with Gasteiger partial charge < -0.3 is 10.2 Å². The highest BCUT2D eigenvalue weighted by Gasteiger charge is 2.45. The molecule has 2 aliphatic heterocycles. The Balaban J connectivity index is 1.45. The summed E-state index contributed by atoms with van der Waals surface area (Å²) in [7, 11) is 0. The quantitative estimate of drug-likeness (QED) is 0.212. The standard InChI is InChI=1S/C25H48O2S2/c26-21-13-9-5-1-3-7-11-15-23-17-19-25(28-23)20-18-24(29-25)16-12-8-4-2-6-10-14-22-27/h23-24,26-27H,1-22H2. The number of rotatable bonds is 18. The molecule has 2 atom stereocenters. The van der Waals surface area contributed by atoms with E-state index in [1.165, 1.54) is 116 Å². The van der Waals surface area contributed by atoms with Crippen molar-refractivity contribution in [1.29, 1.82) is 0 Å². The van der Waals surface area contributed by atoms with E-state index in [4.69, 9.17) is 10.2 Å². The Kier molecular flexibility index (Phi) is 14.5. The van der Waals surface area contributed by atoms with Gasteiger partial charge in [-0.25, -0.2) is 0 Å². The summed E-state index contributed by atoms with van der Waals surface area (Å²) in [6.07, 6.45) is 27.0. The Bertz CT molecular complexity index is 355. The van der Waals surface area contributed by atoms with E-state index in [1.807, 2.05) is 0 Å². The molecule has 2 fully saturated rings. The molecule has 0 aromatic rings. The molecule has 0 aromatic heterocycles. The van der Waals surface area contributed by atoms with Crippen LogP contribution >= 0.6 is 23.5 Å². The van der Waals surface area contributed by atoms with Crippen molar-refractivity contribution in [2.24, 2.45) is 0 Å². The van der Waals surface area contributed by atoms with Gasteiger partial charge in [-0.05, 0) is 51.4 Å². The molecule has 0 aliphatic carbocycles. The molecular formula is C25H48O2S2. The van der Waals surface area contributed by atoms with Gasteiger partial charge in [-0.1, -0.05) is 77.0 Å². The van der Waals surface area contributed by atoms with E-state index in [9.17, 15) is 0 Å².